The minimum Gasteiger partial charge on any atom is -0.368 e. The number of imidazole rings is 1. The predicted molar refractivity (Wildman–Crippen MR) is 58.6 cm³/mol. The molecule has 1 unspecified atom stereocenters. The number of hydrogen-bond acceptors (Lipinski definition) is 5. The highest BCUT2D eigenvalue weighted by Gasteiger charge is 2.18. The summed E-state index contributed by atoms with van der Waals surface area (Å²) in [6.07, 6.45) is 6.71. The predicted octanol–water partition coefficient (Wildman–Crippen LogP) is 1.11. The zero-order valence-corrected chi connectivity index (χ0v) is 8.83. The van der Waals surface area contributed by atoms with Crippen molar-refractivity contribution in [2.75, 3.05) is 12.3 Å². The maximum Gasteiger partial charge on any atom is 0.222 e. The van der Waals surface area contributed by atoms with Crippen LogP contribution in [-0.2, 0) is 4.74 Å². The van der Waals surface area contributed by atoms with Gasteiger partial charge < -0.3 is 10.5 Å². The summed E-state index contributed by atoms with van der Waals surface area (Å²) in [5.74, 6) is 0.269. The first-order chi connectivity index (χ1) is 7.84. The normalized spacial score (nSPS) is 21.4. The molecule has 1 aliphatic heterocycles. The van der Waals surface area contributed by atoms with Crippen molar-refractivity contribution in [2.24, 2.45) is 0 Å². The fraction of sp³-hybridized carbons (Fsp3) is 0.500. The van der Waals surface area contributed by atoms with E-state index in [1.54, 1.807) is 12.5 Å². The number of ether oxygens (including phenoxy) is 1. The molecule has 0 aromatic carbocycles. The van der Waals surface area contributed by atoms with Crippen LogP contribution in [0.2, 0.25) is 0 Å². The fourth-order valence-corrected chi connectivity index (χ4v) is 1.99. The molecule has 6 nitrogen and oxygen atoms in total. The first kappa shape index (κ1) is 9.53. The molecule has 2 aromatic rings. The topological polar surface area (TPSA) is 78.8 Å². The molecule has 2 N–H and O–H groups in total. The van der Waals surface area contributed by atoms with Gasteiger partial charge in [-0.2, -0.15) is 4.98 Å². The van der Waals surface area contributed by atoms with Crippen molar-refractivity contribution in [3.05, 3.63) is 12.5 Å². The van der Waals surface area contributed by atoms with Crippen LogP contribution in [0.1, 0.15) is 25.5 Å². The highest BCUT2D eigenvalue weighted by atomic mass is 16.5. The number of rotatable bonds is 1. The smallest absolute Gasteiger partial charge is 0.222 e. The molecule has 0 bridgehead atoms. The Kier molecular flexibility index (Phi) is 2.21. The first-order valence-electron chi connectivity index (χ1n) is 5.41. The van der Waals surface area contributed by atoms with Crippen molar-refractivity contribution >= 4 is 17.1 Å². The van der Waals surface area contributed by atoms with Crippen LogP contribution in [0.15, 0.2) is 12.5 Å². The van der Waals surface area contributed by atoms with Crippen LogP contribution < -0.4 is 5.73 Å². The molecule has 0 spiro atoms. The van der Waals surface area contributed by atoms with Gasteiger partial charge in [-0.3, -0.25) is 4.57 Å². The van der Waals surface area contributed by atoms with Crippen molar-refractivity contribution in [1.82, 2.24) is 19.5 Å². The van der Waals surface area contributed by atoms with Gasteiger partial charge in [0.15, 0.2) is 5.65 Å². The van der Waals surface area contributed by atoms with Gasteiger partial charge in [0.25, 0.3) is 0 Å². The largest absolute Gasteiger partial charge is 0.368 e. The number of fused-ring (bicyclic) bond motifs is 1. The van der Waals surface area contributed by atoms with E-state index in [1.807, 2.05) is 4.57 Å². The van der Waals surface area contributed by atoms with E-state index in [4.69, 9.17) is 10.5 Å². The molecule has 0 radical (unpaired) electrons. The minimum absolute atomic E-state index is 0.0352. The van der Waals surface area contributed by atoms with E-state index in [9.17, 15) is 0 Å². The summed E-state index contributed by atoms with van der Waals surface area (Å²) in [6.45, 7) is 0.797. The van der Waals surface area contributed by atoms with Crippen molar-refractivity contribution in [2.45, 2.75) is 25.5 Å². The fourth-order valence-electron chi connectivity index (χ4n) is 1.99. The number of hydrogen-bond donors (Lipinski definition) is 1. The Hall–Kier alpha value is -1.69. The first-order valence-corrected chi connectivity index (χ1v) is 5.41. The van der Waals surface area contributed by atoms with Crippen LogP contribution in [0.25, 0.3) is 11.2 Å². The van der Waals surface area contributed by atoms with E-state index >= 15 is 0 Å². The monoisotopic (exact) mass is 219 g/mol. The van der Waals surface area contributed by atoms with Gasteiger partial charge in [0.2, 0.25) is 5.95 Å². The second kappa shape index (κ2) is 3.71. The van der Waals surface area contributed by atoms with Gasteiger partial charge in [-0.15, -0.1) is 0 Å². The third-order valence-electron chi connectivity index (χ3n) is 2.80. The average molecular weight is 219 g/mol. The van der Waals surface area contributed by atoms with Gasteiger partial charge in [-0.05, 0) is 19.3 Å². The van der Waals surface area contributed by atoms with Gasteiger partial charge in [0.1, 0.15) is 11.7 Å². The molecule has 6 heteroatoms. The lowest BCUT2D eigenvalue weighted by Crippen LogP contribution is -2.17. The molecule has 3 rings (SSSR count). The summed E-state index contributed by atoms with van der Waals surface area (Å²) < 4.78 is 7.63. The molecule has 16 heavy (non-hydrogen) atoms. The zero-order valence-electron chi connectivity index (χ0n) is 8.83. The molecule has 1 saturated heterocycles. The van der Waals surface area contributed by atoms with Crippen molar-refractivity contribution in [3.8, 4) is 0 Å². The molecule has 1 aliphatic rings. The van der Waals surface area contributed by atoms with Gasteiger partial charge >= 0.3 is 0 Å². The zero-order chi connectivity index (χ0) is 11.0. The van der Waals surface area contributed by atoms with Crippen molar-refractivity contribution < 1.29 is 4.74 Å². The minimum atomic E-state index is 0.0352. The van der Waals surface area contributed by atoms with Crippen LogP contribution in [0.3, 0.4) is 0 Å². The van der Waals surface area contributed by atoms with Crippen LogP contribution >= 0.6 is 0 Å². The molecule has 1 atom stereocenters. The number of aromatic nitrogens is 4. The molecule has 1 fully saturated rings. The maximum atomic E-state index is 5.69. The Bertz CT molecular complexity index is 503. The summed E-state index contributed by atoms with van der Waals surface area (Å²) in [4.78, 5) is 12.4. The van der Waals surface area contributed by atoms with E-state index in [2.05, 4.69) is 15.0 Å². The standard InChI is InChI=1S/C10H13N5O/c11-10-12-5-7-9(14-10)15(6-13-7)8-3-1-2-4-16-8/h5-6,8H,1-4H2,(H2,11,12,14). The molecule has 0 amide bonds. The Labute approximate surface area is 92.5 Å². The Balaban J connectivity index is 2.05. The lowest BCUT2D eigenvalue weighted by molar-refractivity contribution is -0.0298. The van der Waals surface area contributed by atoms with E-state index in [0.717, 1.165) is 30.6 Å². The second-order valence-electron chi connectivity index (χ2n) is 3.91. The summed E-state index contributed by atoms with van der Waals surface area (Å²) >= 11 is 0. The van der Waals surface area contributed by atoms with Gasteiger partial charge in [0, 0.05) is 6.61 Å². The summed E-state index contributed by atoms with van der Waals surface area (Å²) in [7, 11) is 0. The van der Waals surface area contributed by atoms with Crippen LogP contribution in [0, 0.1) is 0 Å². The summed E-state index contributed by atoms with van der Waals surface area (Å²) in [6, 6.07) is 0. The van der Waals surface area contributed by atoms with Gasteiger partial charge in [-0.1, -0.05) is 0 Å². The van der Waals surface area contributed by atoms with E-state index in [1.165, 1.54) is 6.42 Å². The lowest BCUT2D eigenvalue weighted by Gasteiger charge is -2.23. The van der Waals surface area contributed by atoms with Crippen LogP contribution in [0.5, 0.6) is 0 Å². The van der Waals surface area contributed by atoms with E-state index in [0.29, 0.717) is 0 Å². The Morgan fingerprint density at radius 3 is 3.12 bits per heavy atom. The van der Waals surface area contributed by atoms with Gasteiger partial charge in [0.05, 0.1) is 12.5 Å². The Morgan fingerprint density at radius 1 is 1.38 bits per heavy atom. The molecular formula is C10H13N5O. The number of nitrogens with two attached hydrogens (primary N) is 1. The highest BCUT2D eigenvalue weighted by Crippen LogP contribution is 2.25. The highest BCUT2D eigenvalue weighted by molar-refractivity contribution is 5.70. The average Bonchev–Trinajstić information content (AvgIpc) is 2.73. The maximum absolute atomic E-state index is 5.69. The molecule has 2 aromatic heterocycles. The summed E-state index contributed by atoms with van der Waals surface area (Å²) in [5.41, 5.74) is 7.08. The van der Waals surface area contributed by atoms with E-state index < -0.39 is 0 Å². The number of nitrogen functional groups attached to an aromatic ring is 1. The Morgan fingerprint density at radius 2 is 2.31 bits per heavy atom. The summed E-state index contributed by atoms with van der Waals surface area (Å²) in [5, 5.41) is 0. The van der Waals surface area contributed by atoms with Crippen LogP contribution in [-0.4, -0.2) is 26.1 Å². The number of nitrogens with zero attached hydrogens (tertiary/aromatic N) is 4. The van der Waals surface area contributed by atoms with Crippen LogP contribution in [0.4, 0.5) is 5.95 Å². The molecular weight excluding hydrogens is 206 g/mol. The third kappa shape index (κ3) is 1.51. The molecule has 0 saturated carbocycles. The quantitative estimate of drug-likeness (QED) is 0.777. The molecule has 84 valence electrons. The molecule has 3 heterocycles. The SMILES string of the molecule is Nc1ncc2ncn(C3CCCCO3)c2n1. The third-order valence-corrected chi connectivity index (χ3v) is 2.80. The molecule has 0 aliphatic carbocycles. The van der Waals surface area contributed by atoms with Gasteiger partial charge in [-0.25, -0.2) is 9.97 Å². The van der Waals surface area contributed by atoms with E-state index in [-0.39, 0.29) is 12.2 Å². The number of anilines is 1. The van der Waals surface area contributed by atoms with Crippen molar-refractivity contribution in [1.29, 1.82) is 0 Å². The van der Waals surface area contributed by atoms with Crippen molar-refractivity contribution in [3.63, 3.8) is 0 Å². The second-order valence-corrected chi connectivity index (χ2v) is 3.91. The lowest BCUT2D eigenvalue weighted by atomic mass is 10.2.